The van der Waals surface area contributed by atoms with Crippen molar-refractivity contribution in [1.29, 1.82) is 5.26 Å². The third kappa shape index (κ3) is 2.27. The molecule has 0 saturated heterocycles. The van der Waals surface area contributed by atoms with Crippen LogP contribution < -0.4 is 5.56 Å². The number of aromatic amines is 2. The van der Waals surface area contributed by atoms with Gasteiger partial charge in [-0.1, -0.05) is 6.08 Å². The highest BCUT2D eigenvalue weighted by Gasteiger charge is 2.25. The fourth-order valence-electron chi connectivity index (χ4n) is 3.14. The Bertz CT molecular complexity index is 1310. The number of imidazole rings is 1. The molecular formula is C19H14FN5O. The molecule has 128 valence electrons. The number of nitrogens with one attached hydrogen (secondary N) is 2. The molecule has 2 heterocycles. The van der Waals surface area contributed by atoms with Crippen LogP contribution in [0.5, 0.6) is 0 Å². The van der Waals surface area contributed by atoms with Crippen LogP contribution in [0.4, 0.5) is 4.39 Å². The Balaban J connectivity index is 2.20. The molecule has 0 atom stereocenters. The minimum Gasteiger partial charge on any atom is -0.305 e. The molecule has 4 aromatic rings. The van der Waals surface area contributed by atoms with Crippen LogP contribution >= 0.6 is 0 Å². The molecule has 0 unspecified atom stereocenters. The normalized spacial score (nSPS) is 12.4. The lowest BCUT2D eigenvalue weighted by molar-refractivity contribution is 0.627. The van der Waals surface area contributed by atoms with Crippen LogP contribution in [0.25, 0.3) is 32.6 Å². The SMILES string of the molecule is CC(C)(/C=C/C#N)c1nc2c3ccc(F)cc3c3c(=O)[nH][nH]cc3c2n1. The summed E-state index contributed by atoms with van der Waals surface area (Å²) in [7, 11) is 0. The number of hydrogen-bond acceptors (Lipinski definition) is 4. The van der Waals surface area contributed by atoms with Gasteiger partial charge in [0.2, 0.25) is 0 Å². The molecule has 2 N–H and O–H groups in total. The van der Waals surface area contributed by atoms with Gasteiger partial charge in [0.05, 0.1) is 17.0 Å². The van der Waals surface area contributed by atoms with Crippen LogP contribution in [0.3, 0.4) is 0 Å². The van der Waals surface area contributed by atoms with E-state index in [0.717, 1.165) is 0 Å². The molecule has 0 saturated carbocycles. The van der Waals surface area contributed by atoms with Gasteiger partial charge in [0.1, 0.15) is 17.2 Å². The largest absolute Gasteiger partial charge is 0.305 e. The van der Waals surface area contributed by atoms with E-state index in [4.69, 9.17) is 5.26 Å². The summed E-state index contributed by atoms with van der Waals surface area (Å²) in [6.45, 7) is 3.80. The van der Waals surface area contributed by atoms with Gasteiger partial charge >= 0.3 is 0 Å². The van der Waals surface area contributed by atoms with Gasteiger partial charge in [-0.15, -0.1) is 0 Å². The predicted octanol–water partition coefficient (Wildman–Crippen LogP) is 3.45. The molecule has 2 aromatic carbocycles. The molecule has 0 aliphatic rings. The van der Waals surface area contributed by atoms with E-state index in [1.165, 1.54) is 18.2 Å². The molecule has 0 aliphatic carbocycles. The Morgan fingerprint density at radius 3 is 2.65 bits per heavy atom. The maximum absolute atomic E-state index is 13.8. The first-order valence-corrected chi connectivity index (χ1v) is 7.99. The number of H-pyrrole nitrogens is 2. The van der Waals surface area contributed by atoms with E-state index >= 15 is 0 Å². The number of benzene rings is 2. The van der Waals surface area contributed by atoms with Crippen molar-refractivity contribution < 1.29 is 4.39 Å². The van der Waals surface area contributed by atoms with Crippen LogP contribution in [-0.2, 0) is 5.41 Å². The molecule has 0 bridgehead atoms. The topological polar surface area (TPSA) is 98.2 Å². The molecule has 6 nitrogen and oxygen atoms in total. The number of halogens is 1. The summed E-state index contributed by atoms with van der Waals surface area (Å²) in [5.41, 5.74) is 0.237. The molecule has 0 aliphatic heterocycles. The highest BCUT2D eigenvalue weighted by molar-refractivity contribution is 6.22. The van der Waals surface area contributed by atoms with Crippen LogP contribution in [0.2, 0.25) is 0 Å². The van der Waals surface area contributed by atoms with Crippen LogP contribution in [-0.4, -0.2) is 20.2 Å². The van der Waals surface area contributed by atoms with Crippen LogP contribution in [0.15, 0.2) is 41.3 Å². The van der Waals surface area contributed by atoms with E-state index < -0.39 is 11.2 Å². The average molecular weight is 347 g/mol. The van der Waals surface area contributed by atoms with Gasteiger partial charge in [-0.25, -0.2) is 14.4 Å². The minimum atomic E-state index is -0.571. The Hall–Kier alpha value is -3.53. The molecule has 4 rings (SSSR count). The Morgan fingerprint density at radius 1 is 1.19 bits per heavy atom. The fourth-order valence-corrected chi connectivity index (χ4v) is 3.14. The first-order valence-electron chi connectivity index (χ1n) is 7.99. The second kappa shape index (κ2) is 5.49. The molecular weight excluding hydrogens is 333 g/mol. The van der Waals surface area contributed by atoms with Crippen molar-refractivity contribution in [1.82, 2.24) is 20.2 Å². The predicted molar refractivity (Wildman–Crippen MR) is 97.3 cm³/mol. The second-order valence-corrected chi connectivity index (χ2v) is 6.65. The number of nitriles is 1. The van der Waals surface area contributed by atoms with Crippen molar-refractivity contribution in [2.24, 2.45) is 0 Å². The molecule has 0 amide bonds. The molecule has 0 spiro atoms. The quantitative estimate of drug-likeness (QED) is 0.428. The number of fused-ring (bicyclic) bond motifs is 6. The van der Waals surface area contributed by atoms with E-state index in [9.17, 15) is 9.18 Å². The van der Waals surface area contributed by atoms with E-state index in [0.29, 0.717) is 38.4 Å². The Kier molecular flexibility index (Phi) is 3.37. The fraction of sp³-hybridized carbons (Fsp3) is 0.158. The molecule has 2 aromatic heterocycles. The zero-order valence-electron chi connectivity index (χ0n) is 14.1. The van der Waals surface area contributed by atoms with Crippen molar-refractivity contribution in [2.45, 2.75) is 19.3 Å². The number of aromatic nitrogens is 4. The van der Waals surface area contributed by atoms with Gasteiger partial charge in [0, 0.05) is 33.8 Å². The third-order valence-electron chi connectivity index (χ3n) is 4.47. The maximum atomic E-state index is 13.8. The van der Waals surface area contributed by atoms with Crippen molar-refractivity contribution in [3.63, 3.8) is 0 Å². The number of nitrogens with zero attached hydrogens (tertiary/aromatic N) is 3. The maximum Gasteiger partial charge on any atom is 0.270 e. The van der Waals surface area contributed by atoms with E-state index in [1.807, 2.05) is 19.9 Å². The number of hydrogen-bond donors (Lipinski definition) is 2. The summed E-state index contributed by atoms with van der Waals surface area (Å²) in [6, 6.07) is 6.26. The van der Waals surface area contributed by atoms with Gasteiger partial charge in [0.15, 0.2) is 0 Å². The summed E-state index contributed by atoms with van der Waals surface area (Å²) < 4.78 is 13.8. The first-order chi connectivity index (χ1) is 12.4. The lowest BCUT2D eigenvalue weighted by Crippen LogP contribution is -2.15. The molecule has 7 heteroatoms. The Morgan fingerprint density at radius 2 is 1.92 bits per heavy atom. The monoisotopic (exact) mass is 347 g/mol. The zero-order valence-corrected chi connectivity index (χ0v) is 14.1. The van der Waals surface area contributed by atoms with Crippen molar-refractivity contribution in [3.8, 4) is 6.07 Å². The van der Waals surface area contributed by atoms with Crippen molar-refractivity contribution in [2.75, 3.05) is 0 Å². The molecule has 0 fully saturated rings. The summed E-state index contributed by atoms with van der Waals surface area (Å²) in [4.78, 5) is 21.7. The highest BCUT2D eigenvalue weighted by Crippen LogP contribution is 2.34. The van der Waals surface area contributed by atoms with Gasteiger partial charge in [0.25, 0.3) is 5.56 Å². The lowest BCUT2D eigenvalue weighted by atomic mass is 9.92. The standard InChI is InChI=1S/C19H14FN5O/c1-19(2,6-3-7-21)18-23-15-11-5-4-10(20)8-12(11)14-13(16(15)24-18)9-22-25-17(14)26/h3-6,8-9,22H,1-2H3,(H,25,26)/b6-3+. The summed E-state index contributed by atoms with van der Waals surface area (Å²) in [5.74, 6) is 0.0970. The van der Waals surface area contributed by atoms with E-state index in [-0.39, 0.29) is 5.56 Å². The summed E-state index contributed by atoms with van der Waals surface area (Å²) >= 11 is 0. The summed E-state index contributed by atoms with van der Waals surface area (Å²) in [6.07, 6.45) is 4.75. The second-order valence-electron chi connectivity index (χ2n) is 6.65. The summed E-state index contributed by atoms with van der Waals surface area (Å²) in [5, 5.41) is 16.1. The number of allylic oxidation sites excluding steroid dienone is 2. The zero-order chi connectivity index (χ0) is 18.5. The molecule has 0 radical (unpaired) electrons. The highest BCUT2D eigenvalue weighted by atomic mass is 19.1. The van der Waals surface area contributed by atoms with Crippen molar-refractivity contribution in [3.05, 3.63) is 58.5 Å². The average Bonchev–Trinajstić information content (AvgIpc) is 3.06. The first kappa shape index (κ1) is 16.0. The van der Waals surface area contributed by atoms with E-state index in [2.05, 4.69) is 20.2 Å². The Labute approximate surface area is 147 Å². The smallest absolute Gasteiger partial charge is 0.270 e. The number of rotatable bonds is 2. The van der Waals surface area contributed by atoms with Gasteiger partial charge in [-0.3, -0.25) is 9.89 Å². The van der Waals surface area contributed by atoms with Crippen LogP contribution in [0.1, 0.15) is 19.7 Å². The third-order valence-corrected chi connectivity index (χ3v) is 4.47. The van der Waals surface area contributed by atoms with Crippen molar-refractivity contribution >= 4 is 32.6 Å². The lowest BCUT2D eigenvalue weighted by Gasteiger charge is -2.14. The van der Waals surface area contributed by atoms with E-state index in [1.54, 1.807) is 18.3 Å². The van der Waals surface area contributed by atoms with Gasteiger partial charge in [-0.05, 0) is 32.0 Å². The van der Waals surface area contributed by atoms with Crippen LogP contribution in [0, 0.1) is 17.1 Å². The minimum absolute atomic E-state index is 0.354. The molecule has 26 heavy (non-hydrogen) atoms. The van der Waals surface area contributed by atoms with Gasteiger partial charge in [-0.2, -0.15) is 5.26 Å². The van der Waals surface area contributed by atoms with Gasteiger partial charge < -0.3 is 5.10 Å².